The van der Waals surface area contributed by atoms with Crippen LogP contribution in [0, 0.1) is 5.92 Å². The highest BCUT2D eigenvalue weighted by molar-refractivity contribution is 9.10. The Morgan fingerprint density at radius 3 is 3.00 bits per heavy atom. The van der Waals surface area contributed by atoms with Gasteiger partial charge in [0.05, 0.1) is 6.33 Å². The van der Waals surface area contributed by atoms with Crippen molar-refractivity contribution in [1.29, 1.82) is 0 Å². The third kappa shape index (κ3) is 1.68. The van der Waals surface area contributed by atoms with Gasteiger partial charge in [0.25, 0.3) is 5.56 Å². The van der Waals surface area contributed by atoms with Gasteiger partial charge in [-0.05, 0) is 41.6 Å². The highest BCUT2D eigenvalue weighted by Gasteiger charge is 2.29. The number of hydrogen-bond acceptors (Lipinski definition) is 2. The molecule has 1 saturated carbocycles. The summed E-state index contributed by atoms with van der Waals surface area (Å²) in [7, 11) is 0. The van der Waals surface area contributed by atoms with Crippen LogP contribution in [0.1, 0.15) is 25.8 Å². The van der Waals surface area contributed by atoms with Crippen LogP contribution in [0.15, 0.2) is 21.8 Å². The number of rotatable bonds is 2. The van der Waals surface area contributed by atoms with E-state index in [1.54, 1.807) is 17.1 Å². The summed E-state index contributed by atoms with van der Waals surface area (Å²) in [5.74, 6) is 0.675. The van der Waals surface area contributed by atoms with E-state index in [0.29, 0.717) is 10.4 Å². The molecule has 1 aromatic rings. The third-order valence-electron chi connectivity index (χ3n) is 2.56. The average Bonchev–Trinajstić information content (AvgIpc) is 2.91. The molecule has 4 heteroatoms. The van der Waals surface area contributed by atoms with E-state index >= 15 is 0 Å². The summed E-state index contributed by atoms with van der Waals surface area (Å²) < 4.78 is 2.25. The van der Waals surface area contributed by atoms with E-state index in [0.717, 1.165) is 0 Å². The molecule has 2 rings (SSSR count). The zero-order valence-corrected chi connectivity index (χ0v) is 8.99. The number of hydrogen-bond donors (Lipinski definition) is 0. The molecule has 1 fully saturated rings. The molecule has 1 aliphatic carbocycles. The Hall–Kier alpha value is -0.640. The summed E-state index contributed by atoms with van der Waals surface area (Å²) >= 11 is 3.19. The largest absolute Gasteiger partial charge is 0.295 e. The van der Waals surface area contributed by atoms with Crippen molar-refractivity contribution in [1.82, 2.24) is 9.55 Å². The maximum atomic E-state index is 11.6. The lowest BCUT2D eigenvalue weighted by molar-refractivity contribution is 0.464. The second-order valence-corrected chi connectivity index (χ2v) is 4.39. The Labute approximate surface area is 84.9 Å². The summed E-state index contributed by atoms with van der Waals surface area (Å²) in [6, 6.07) is 0.289. The molecule has 0 amide bonds. The molecular formula is C9H11BrN2O. The van der Waals surface area contributed by atoms with Crippen LogP contribution in [-0.2, 0) is 0 Å². The maximum absolute atomic E-state index is 11.6. The van der Waals surface area contributed by atoms with Gasteiger partial charge in [-0.25, -0.2) is 4.98 Å². The van der Waals surface area contributed by atoms with E-state index < -0.39 is 0 Å². The minimum atomic E-state index is 0.0226. The van der Waals surface area contributed by atoms with Crippen molar-refractivity contribution in [2.75, 3.05) is 0 Å². The molecule has 0 radical (unpaired) electrons. The first kappa shape index (κ1) is 8.94. The second kappa shape index (κ2) is 3.25. The van der Waals surface area contributed by atoms with E-state index in [2.05, 4.69) is 27.8 Å². The normalized spacial score (nSPS) is 18.6. The summed E-state index contributed by atoms with van der Waals surface area (Å²) in [5.41, 5.74) is 0.0226. The Kier molecular flexibility index (Phi) is 2.24. The fourth-order valence-electron chi connectivity index (χ4n) is 1.50. The van der Waals surface area contributed by atoms with Crippen molar-refractivity contribution in [2.45, 2.75) is 25.8 Å². The first-order valence-electron chi connectivity index (χ1n) is 4.42. The molecule has 0 bridgehead atoms. The summed E-state index contributed by atoms with van der Waals surface area (Å²) in [6.45, 7) is 2.08. The van der Waals surface area contributed by atoms with Crippen LogP contribution in [0.2, 0.25) is 0 Å². The lowest BCUT2D eigenvalue weighted by Gasteiger charge is -2.12. The number of aromatic nitrogens is 2. The lowest BCUT2D eigenvalue weighted by atomic mass is 10.2. The van der Waals surface area contributed by atoms with Gasteiger partial charge in [-0.2, -0.15) is 0 Å². The van der Waals surface area contributed by atoms with E-state index in [1.807, 2.05) is 0 Å². The van der Waals surface area contributed by atoms with Gasteiger partial charge in [0.1, 0.15) is 4.47 Å². The predicted octanol–water partition coefficient (Wildman–Crippen LogP) is 1.98. The van der Waals surface area contributed by atoms with Gasteiger partial charge in [0, 0.05) is 12.2 Å². The fourth-order valence-corrected chi connectivity index (χ4v) is 1.82. The molecule has 3 nitrogen and oxygen atoms in total. The van der Waals surface area contributed by atoms with Crippen LogP contribution in [0.5, 0.6) is 0 Å². The Bertz CT molecular complexity index is 370. The zero-order valence-electron chi connectivity index (χ0n) is 7.40. The average molecular weight is 243 g/mol. The number of halogens is 1. The maximum Gasteiger partial charge on any atom is 0.267 e. The minimum Gasteiger partial charge on any atom is -0.295 e. The van der Waals surface area contributed by atoms with Gasteiger partial charge in [-0.1, -0.05) is 0 Å². The summed E-state index contributed by atoms with van der Waals surface area (Å²) in [5, 5.41) is 0. The standard InChI is InChI=1S/C9H11BrN2O/c1-6(7-2-3-7)12-5-11-4-8(10)9(12)13/h4-7H,2-3H2,1H3. The SMILES string of the molecule is CC(C1CC1)n1cncc(Br)c1=O. The Morgan fingerprint density at radius 2 is 2.38 bits per heavy atom. The molecule has 1 aromatic heterocycles. The van der Waals surface area contributed by atoms with Gasteiger partial charge < -0.3 is 0 Å². The van der Waals surface area contributed by atoms with Crippen molar-refractivity contribution >= 4 is 15.9 Å². The summed E-state index contributed by atoms with van der Waals surface area (Å²) in [6.07, 6.45) is 5.63. The predicted molar refractivity (Wildman–Crippen MR) is 53.6 cm³/mol. The van der Waals surface area contributed by atoms with E-state index in [9.17, 15) is 4.79 Å². The molecular weight excluding hydrogens is 232 g/mol. The molecule has 0 aliphatic heterocycles. The van der Waals surface area contributed by atoms with E-state index in [1.165, 1.54) is 12.8 Å². The molecule has 1 heterocycles. The zero-order chi connectivity index (χ0) is 9.42. The smallest absolute Gasteiger partial charge is 0.267 e. The second-order valence-electron chi connectivity index (χ2n) is 3.53. The monoisotopic (exact) mass is 242 g/mol. The molecule has 0 saturated heterocycles. The highest BCUT2D eigenvalue weighted by atomic mass is 79.9. The van der Waals surface area contributed by atoms with Crippen LogP contribution in [-0.4, -0.2) is 9.55 Å². The van der Waals surface area contributed by atoms with E-state index in [4.69, 9.17) is 0 Å². The fraction of sp³-hybridized carbons (Fsp3) is 0.556. The van der Waals surface area contributed by atoms with Crippen molar-refractivity contribution in [3.05, 3.63) is 27.4 Å². The van der Waals surface area contributed by atoms with Gasteiger partial charge in [0.15, 0.2) is 0 Å². The van der Waals surface area contributed by atoms with Crippen LogP contribution in [0.3, 0.4) is 0 Å². The van der Waals surface area contributed by atoms with E-state index in [-0.39, 0.29) is 11.6 Å². The quantitative estimate of drug-likeness (QED) is 0.795. The Balaban J connectivity index is 2.38. The molecule has 1 aliphatic rings. The lowest BCUT2D eigenvalue weighted by Crippen LogP contribution is -2.24. The van der Waals surface area contributed by atoms with Crippen molar-refractivity contribution in [3.8, 4) is 0 Å². The van der Waals surface area contributed by atoms with Gasteiger partial charge in [0.2, 0.25) is 0 Å². The number of nitrogens with zero attached hydrogens (tertiary/aromatic N) is 2. The van der Waals surface area contributed by atoms with Crippen molar-refractivity contribution < 1.29 is 0 Å². The molecule has 0 aromatic carbocycles. The van der Waals surface area contributed by atoms with Gasteiger partial charge in [-0.15, -0.1) is 0 Å². The summed E-state index contributed by atoms with van der Waals surface area (Å²) in [4.78, 5) is 15.6. The highest BCUT2D eigenvalue weighted by Crippen LogP contribution is 2.38. The van der Waals surface area contributed by atoms with Gasteiger partial charge >= 0.3 is 0 Å². The first-order chi connectivity index (χ1) is 6.20. The molecule has 1 unspecified atom stereocenters. The first-order valence-corrected chi connectivity index (χ1v) is 5.21. The minimum absolute atomic E-state index is 0.0226. The third-order valence-corrected chi connectivity index (χ3v) is 3.10. The van der Waals surface area contributed by atoms with Crippen LogP contribution in [0.25, 0.3) is 0 Å². The van der Waals surface area contributed by atoms with Gasteiger partial charge in [-0.3, -0.25) is 9.36 Å². The van der Waals surface area contributed by atoms with Crippen LogP contribution in [0.4, 0.5) is 0 Å². The van der Waals surface area contributed by atoms with Crippen LogP contribution < -0.4 is 5.56 Å². The van der Waals surface area contributed by atoms with Crippen LogP contribution >= 0.6 is 15.9 Å². The Morgan fingerprint density at radius 1 is 1.69 bits per heavy atom. The molecule has 70 valence electrons. The molecule has 1 atom stereocenters. The topological polar surface area (TPSA) is 34.9 Å². The molecule has 0 spiro atoms. The molecule has 13 heavy (non-hydrogen) atoms. The van der Waals surface area contributed by atoms with Crippen molar-refractivity contribution in [2.24, 2.45) is 5.92 Å². The molecule has 0 N–H and O–H groups in total. The van der Waals surface area contributed by atoms with Crippen molar-refractivity contribution in [3.63, 3.8) is 0 Å².